The predicted octanol–water partition coefficient (Wildman–Crippen LogP) is 2.30. The van der Waals surface area contributed by atoms with E-state index in [-0.39, 0.29) is 17.7 Å². The van der Waals surface area contributed by atoms with Crippen LogP contribution < -0.4 is 9.47 Å². The highest BCUT2D eigenvalue weighted by molar-refractivity contribution is 6.00. The zero-order chi connectivity index (χ0) is 14.9. The Kier molecular flexibility index (Phi) is 3.90. The van der Waals surface area contributed by atoms with Crippen LogP contribution in [0.1, 0.15) is 31.1 Å². The molecule has 0 aliphatic carbocycles. The van der Waals surface area contributed by atoms with Gasteiger partial charge in [0.1, 0.15) is 23.3 Å². The van der Waals surface area contributed by atoms with Crippen molar-refractivity contribution in [1.29, 1.82) is 0 Å². The minimum absolute atomic E-state index is 0.144. The van der Waals surface area contributed by atoms with Crippen LogP contribution in [0.15, 0.2) is 18.2 Å². The van der Waals surface area contributed by atoms with E-state index in [0.717, 1.165) is 0 Å². The quantitative estimate of drug-likeness (QED) is 0.852. The van der Waals surface area contributed by atoms with Gasteiger partial charge in [-0.15, -0.1) is 0 Å². The van der Waals surface area contributed by atoms with Gasteiger partial charge in [0.05, 0.1) is 26.4 Å². The van der Waals surface area contributed by atoms with Crippen molar-refractivity contribution in [3.63, 3.8) is 0 Å². The van der Waals surface area contributed by atoms with Crippen LogP contribution in [0.4, 0.5) is 0 Å². The maximum absolute atomic E-state index is 12.9. The molecule has 1 amide bonds. The molecule has 0 aromatic heterocycles. The number of carbonyl (C=O) groups excluding carboxylic acids is 1. The Balaban J connectivity index is 2.48. The van der Waals surface area contributed by atoms with Crippen LogP contribution in [0.5, 0.6) is 11.5 Å². The van der Waals surface area contributed by atoms with Gasteiger partial charge in [-0.25, -0.2) is 0 Å². The fraction of sp³-hybridized carbons (Fsp3) is 0.533. The monoisotopic (exact) mass is 279 g/mol. The van der Waals surface area contributed by atoms with Crippen LogP contribution in [0, 0.1) is 0 Å². The van der Waals surface area contributed by atoms with Gasteiger partial charge < -0.3 is 19.1 Å². The molecular weight excluding hydrogens is 258 g/mol. The number of nitrogens with zero attached hydrogens (tertiary/aromatic N) is 1. The highest BCUT2D eigenvalue weighted by Crippen LogP contribution is 2.35. The van der Waals surface area contributed by atoms with Crippen molar-refractivity contribution >= 4 is 5.91 Å². The summed E-state index contributed by atoms with van der Waals surface area (Å²) in [6.07, 6.45) is -0.271. The van der Waals surface area contributed by atoms with E-state index >= 15 is 0 Å². The van der Waals surface area contributed by atoms with E-state index < -0.39 is 0 Å². The molecule has 110 valence electrons. The fourth-order valence-corrected chi connectivity index (χ4v) is 2.58. The Morgan fingerprint density at radius 3 is 2.25 bits per heavy atom. The van der Waals surface area contributed by atoms with Crippen LogP contribution in [0.25, 0.3) is 0 Å². The van der Waals surface area contributed by atoms with E-state index in [1.54, 1.807) is 37.3 Å². The lowest BCUT2D eigenvalue weighted by Gasteiger charge is -2.32. The summed E-state index contributed by atoms with van der Waals surface area (Å²) in [7, 11) is 3.08. The molecule has 0 saturated carbocycles. The fourth-order valence-electron chi connectivity index (χ4n) is 2.58. The van der Waals surface area contributed by atoms with E-state index in [1.165, 1.54) is 0 Å². The first kappa shape index (κ1) is 14.7. The van der Waals surface area contributed by atoms with Crippen molar-refractivity contribution in [2.24, 2.45) is 0 Å². The van der Waals surface area contributed by atoms with Crippen molar-refractivity contribution in [3.8, 4) is 11.5 Å². The van der Waals surface area contributed by atoms with Gasteiger partial charge >= 0.3 is 0 Å². The van der Waals surface area contributed by atoms with E-state index in [4.69, 9.17) is 14.2 Å². The smallest absolute Gasteiger partial charge is 0.263 e. The lowest BCUT2D eigenvalue weighted by Crippen LogP contribution is -2.47. The van der Waals surface area contributed by atoms with Crippen LogP contribution >= 0.6 is 0 Å². The van der Waals surface area contributed by atoms with Gasteiger partial charge in [-0.1, -0.05) is 6.07 Å². The number of benzene rings is 1. The van der Waals surface area contributed by atoms with E-state index in [0.29, 0.717) is 23.7 Å². The average molecular weight is 279 g/mol. The molecule has 1 saturated heterocycles. The van der Waals surface area contributed by atoms with Crippen molar-refractivity contribution in [3.05, 3.63) is 23.8 Å². The maximum atomic E-state index is 12.9. The molecule has 1 aromatic carbocycles. The van der Waals surface area contributed by atoms with Crippen molar-refractivity contribution in [1.82, 2.24) is 4.90 Å². The third-order valence-corrected chi connectivity index (χ3v) is 3.55. The van der Waals surface area contributed by atoms with Crippen LogP contribution in [0.2, 0.25) is 0 Å². The molecule has 1 atom stereocenters. The van der Waals surface area contributed by atoms with Gasteiger partial charge in [0, 0.05) is 0 Å². The highest BCUT2D eigenvalue weighted by atomic mass is 16.5. The van der Waals surface area contributed by atoms with Crippen molar-refractivity contribution in [2.75, 3.05) is 20.8 Å². The van der Waals surface area contributed by atoms with Gasteiger partial charge in [0.2, 0.25) is 0 Å². The average Bonchev–Trinajstić information content (AvgIpc) is 2.70. The zero-order valence-electron chi connectivity index (χ0n) is 12.6. The number of amides is 1. The standard InChI is InChI=1S/C15H21NO4/c1-10-16(15(2,3)9-20-10)14(17)13-11(18-4)7-6-8-12(13)19-5/h6-8,10H,9H2,1-5H3. The molecule has 0 bridgehead atoms. The molecule has 1 aliphatic heterocycles. The van der Waals surface area contributed by atoms with Gasteiger partial charge in [-0.2, -0.15) is 0 Å². The number of carbonyl (C=O) groups is 1. The first-order valence-electron chi connectivity index (χ1n) is 6.58. The lowest BCUT2D eigenvalue weighted by molar-refractivity contribution is 0.0302. The minimum Gasteiger partial charge on any atom is -0.496 e. The molecule has 0 radical (unpaired) electrons. The van der Waals surface area contributed by atoms with Crippen molar-refractivity contribution in [2.45, 2.75) is 32.5 Å². The Morgan fingerprint density at radius 1 is 1.30 bits per heavy atom. The number of methoxy groups -OCH3 is 2. The molecule has 1 aromatic rings. The summed E-state index contributed by atoms with van der Waals surface area (Å²) in [4.78, 5) is 14.6. The Hall–Kier alpha value is -1.75. The molecule has 5 heteroatoms. The number of rotatable bonds is 3. The van der Waals surface area contributed by atoms with Gasteiger partial charge in [-0.3, -0.25) is 4.79 Å². The van der Waals surface area contributed by atoms with Gasteiger partial charge in [0.15, 0.2) is 0 Å². The first-order chi connectivity index (χ1) is 9.42. The molecule has 1 fully saturated rings. The zero-order valence-corrected chi connectivity index (χ0v) is 12.6. The molecular formula is C15H21NO4. The van der Waals surface area contributed by atoms with Crippen LogP contribution in [0.3, 0.4) is 0 Å². The van der Waals surface area contributed by atoms with Crippen molar-refractivity contribution < 1.29 is 19.0 Å². The van der Waals surface area contributed by atoms with E-state index in [1.807, 2.05) is 20.8 Å². The highest BCUT2D eigenvalue weighted by Gasteiger charge is 2.43. The third kappa shape index (κ3) is 2.33. The normalized spacial score (nSPS) is 20.9. The second-order valence-corrected chi connectivity index (χ2v) is 5.44. The summed E-state index contributed by atoms with van der Waals surface area (Å²) < 4.78 is 16.2. The van der Waals surface area contributed by atoms with Gasteiger partial charge in [0.25, 0.3) is 5.91 Å². The van der Waals surface area contributed by atoms with Crippen LogP contribution in [-0.4, -0.2) is 43.4 Å². The minimum atomic E-state index is -0.359. The largest absolute Gasteiger partial charge is 0.496 e. The summed E-state index contributed by atoms with van der Waals surface area (Å²) >= 11 is 0. The summed E-state index contributed by atoms with van der Waals surface area (Å²) in [6.45, 7) is 6.35. The number of ether oxygens (including phenoxy) is 3. The summed E-state index contributed by atoms with van der Waals surface area (Å²) in [6, 6.07) is 5.30. The SMILES string of the molecule is COc1cccc(OC)c1C(=O)N1C(C)OCC1(C)C. The molecule has 5 nitrogen and oxygen atoms in total. The van der Waals surface area contributed by atoms with Gasteiger partial charge in [-0.05, 0) is 32.9 Å². The molecule has 1 heterocycles. The summed E-state index contributed by atoms with van der Waals surface area (Å²) in [5.74, 6) is 0.864. The molecule has 0 N–H and O–H groups in total. The van der Waals surface area contributed by atoms with E-state index in [9.17, 15) is 4.79 Å². The summed E-state index contributed by atoms with van der Waals surface area (Å²) in [5, 5.41) is 0. The molecule has 2 rings (SSSR count). The molecule has 1 aliphatic rings. The second-order valence-electron chi connectivity index (χ2n) is 5.44. The number of hydrogen-bond acceptors (Lipinski definition) is 4. The van der Waals surface area contributed by atoms with Crippen LogP contribution in [-0.2, 0) is 4.74 Å². The summed E-state index contributed by atoms with van der Waals surface area (Å²) in [5.41, 5.74) is 0.0745. The predicted molar refractivity (Wildman–Crippen MR) is 75.2 cm³/mol. The second kappa shape index (κ2) is 5.32. The first-order valence-corrected chi connectivity index (χ1v) is 6.58. The third-order valence-electron chi connectivity index (χ3n) is 3.55. The lowest BCUT2D eigenvalue weighted by atomic mass is 10.0. The van der Waals surface area contributed by atoms with E-state index in [2.05, 4.69) is 0 Å². The topological polar surface area (TPSA) is 48.0 Å². The number of hydrogen-bond donors (Lipinski definition) is 0. The molecule has 1 unspecified atom stereocenters. The maximum Gasteiger partial charge on any atom is 0.263 e. The molecule has 20 heavy (non-hydrogen) atoms. The Morgan fingerprint density at radius 2 is 1.85 bits per heavy atom. The molecule has 0 spiro atoms. The Labute approximate surface area is 119 Å². The Bertz CT molecular complexity index is 490.